The van der Waals surface area contributed by atoms with Gasteiger partial charge in [0.05, 0.1) is 11.9 Å². The molecule has 0 aliphatic carbocycles. The van der Waals surface area contributed by atoms with E-state index in [-0.39, 0.29) is 17.6 Å². The molecule has 1 aliphatic rings. The molecule has 5 rings (SSSR count). The van der Waals surface area contributed by atoms with Crippen molar-refractivity contribution >= 4 is 29.3 Å². The maximum absolute atomic E-state index is 13.5. The summed E-state index contributed by atoms with van der Waals surface area (Å²) in [6.45, 7) is 3.37. The Morgan fingerprint density at radius 1 is 1.03 bits per heavy atom. The molecule has 9 heteroatoms. The third-order valence-corrected chi connectivity index (χ3v) is 6.87. The van der Waals surface area contributed by atoms with E-state index in [4.69, 9.17) is 0 Å². The first-order valence-electron chi connectivity index (χ1n) is 11.3. The van der Waals surface area contributed by atoms with E-state index in [1.54, 1.807) is 33.5 Å². The molecule has 35 heavy (non-hydrogen) atoms. The molecule has 0 bridgehead atoms. The van der Waals surface area contributed by atoms with Crippen LogP contribution in [0, 0.1) is 12.7 Å². The van der Waals surface area contributed by atoms with E-state index in [9.17, 15) is 14.0 Å². The van der Waals surface area contributed by atoms with Gasteiger partial charge in [0.2, 0.25) is 0 Å². The first-order valence-corrected chi connectivity index (χ1v) is 12.4. The van der Waals surface area contributed by atoms with Gasteiger partial charge in [-0.05, 0) is 67.1 Å². The van der Waals surface area contributed by atoms with Crippen molar-refractivity contribution in [3.8, 4) is 11.5 Å². The Morgan fingerprint density at radius 2 is 1.74 bits per heavy atom. The number of aromatic nitrogens is 3. The number of benzene rings is 2. The Morgan fingerprint density at radius 3 is 2.43 bits per heavy atom. The van der Waals surface area contributed by atoms with Crippen molar-refractivity contribution in [1.82, 2.24) is 19.2 Å². The number of carbonyl (C=O) groups is 2. The van der Waals surface area contributed by atoms with Crippen molar-refractivity contribution in [2.24, 2.45) is 0 Å². The fourth-order valence-electron chi connectivity index (χ4n) is 4.07. The molecule has 3 heterocycles. The molecule has 2 aromatic heterocycles. The topological polar surface area (TPSA) is 72.2 Å². The van der Waals surface area contributed by atoms with Gasteiger partial charge in [-0.1, -0.05) is 0 Å². The zero-order valence-electron chi connectivity index (χ0n) is 19.1. The summed E-state index contributed by atoms with van der Waals surface area (Å²) in [6.07, 6.45) is 5.13. The van der Waals surface area contributed by atoms with Crippen LogP contribution >= 0.6 is 11.8 Å². The predicted molar refractivity (Wildman–Crippen MR) is 135 cm³/mol. The lowest BCUT2D eigenvalue weighted by molar-refractivity contribution is 0.0772. The van der Waals surface area contributed by atoms with Gasteiger partial charge in [-0.15, -0.1) is 0 Å². The van der Waals surface area contributed by atoms with Gasteiger partial charge in [-0.3, -0.25) is 9.59 Å². The maximum Gasteiger partial charge on any atom is 0.261 e. The summed E-state index contributed by atoms with van der Waals surface area (Å²) in [4.78, 5) is 28.0. The van der Waals surface area contributed by atoms with Gasteiger partial charge in [-0.2, -0.15) is 16.9 Å². The Kier molecular flexibility index (Phi) is 6.41. The number of hydrogen-bond acceptors (Lipinski definition) is 4. The Bertz CT molecular complexity index is 1360. The van der Waals surface area contributed by atoms with Crippen LogP contribution in [0.15, 0.2) is 73.2 Å². The number of nitrogens with one attached hydrogen (secondary N) is 1. The van der Waals surface area contributed by atoms with Crippen LogP contribution in [-0.2, 0) is 0 Å². The Labute approximate surface area is 206 Å². The monoisotopic (exact) mass is 489 g/mol. The number of hydrogen-bond donors (Lipinski definition) is 1. The van der Waals surface area contributed by atoms with Crippen LogP contribution in [0.1, 0.15) is 26.3 Å². The molecule has 7 nitrogen and oxygen atoms in total. The largest absolute Gasteiger partial charge is 0.337 e. The summed E-state index contributed by atoms with van der Waals surface area (Å²) in [5.41, 5.74) is 3.02. The van der Waals surface area contributed by atoms with Crippen molar-refractivity contribution in [2.75, 3.05) is 29.9 Å². The molecule has 1 saturated heterocycles. The molecule has 0 radical (unpaired) electrons. The Balaban J connectivity index is 1.42. The second-order valence-electron chi connectivity index (χ2n) is 8.25. The number of rotatable bonds is 5. The minimum atomic E-state index is -0.349. The highest BCUT2D eigenvalue weighted by molar-refractivity contribution is 7.99. The summed E-state index contributed by atoms with van der Waals surface area (Å²) in [5, 5.41) is 7.36. The number of nitrogens with zero attached hydrogens (tertiary/aromatic N) is 4. The van der Waals surface area contributed by atoms with Crippen molar-refractivity contribution in [1.29, 1.82) is 0 Å². The lowest BCUT2D eigenvalue weighted by atomic mass is 10.1. The SMILES string of the molecule is Cc1cc(C(=O)N2CCSCC2)ccc1NC(=O)c1cnn(-c2ccc(F)cc2)c1-n1cccc1. The lowest BCUT2D eigenvalue weighted by Gasteiger charge is -2.26. The smallest absolute Gasteiger partial charge is 0.261 e. The Hall–Kier alpha value is -3.85. The highest BCUT2D eigenvalue weighted by Gasteiger charge is 2.22. The average Bonchev–Trinajstić information content (AvgIpc) is 3.56. The highest BCUT2D eigenvalue weighted by atomic mass is 32.2. The second kappa shape index (κ2) is 9.79. The van der Waals surface area contributed by atoms with E-state index in [0.29, 0.717) is 28.3 Å². The molecule has 0 unspecified atom stereocenters. The van der Waals surface area contributed by atoms with Gasteiger partial charge in [-0.25, -0.2) is 9.07 Å². The summed E-state index contributed by atoms with van der Waals surface area (Å²) < 4.78 is 16.8. The van der Waals surface area contributed by atoms with E-state index in [1.165, 1.54) is 18.3 Å². The summed E-state index contributed by atoms with van der Waals surface area (Å²) in [6, 6.07) is 15.0. The molecule has 2 aromatic carbocycles. The van der Waals surface area contributed by atoms with E-state index >= 15 is 0 Å². The zero-order valence-corrected chi connectivity index (χ0v) is 20.0. The summed E-state index contributed by atoms with van der Waals surface area (Å²) in [5.74, 6) is 1.77. The normalized spacial score (nSPS) is 13.6. The van der Waals surface area contributed by atoms with Crippen molar-refractivity contribution in [2.45, 2.75) is 6.92 Å². The molecule has 0 spiro atoms. The number of aryl methyl sites for hydroxylation is 1. The number of halogens is 1. The first kappa shape index (κ1) is 22.9. The van der Waals surface area contributed by atoms with Crippen LogP contribution < -0.4 is 5.32 Å². The second-order valence-corrected chi connectivity index (χ2v) is 9.47. The number of thioether (sulfide) groups is 1. The van der Waals surface area contributed by atoms with Gasteiger partial charge >= 0.3 is 0 Å². The van der Waals surface area contributed by atoms with E-state index in [2.05, 4.69) is 10.4 Å². The van der Waals surface area contributed by atoms with Crippen LogP contribution in [-0.4, -0.2) is 55.7 Å². The van der Waals surface area contributed by atoms with Gasteiger partial charge < -0.3 is 14.8 Å². The van der Waals surface area contributed by atoms with Crippen molar-refractivity contribution in [3.63, 3.8) is 0 Å². The molecular formula is C26H24FN5O2S. The van der Waals surface area contributed by atoms with Crippen LogP contribution in [0.25, 0.3) is 11.5 Å². The lowest BCUT2D eigenvalue weighted by Crippen LogP contribution is -2.37. The van der Waals surface area contributed by atoms with Crippen LogP contribution in [0.2, 0.25) is 0 Å². The average molecular weight is 490 g/mol. The standard InChI is InChI=1S/C26H24FN5O2S/c1-18-16-19(26(34)31-12-14-35-15-13-31)4-9-23(18)29-24(33)22-17-28-32(21-7-5-20(27)6-8-21)25(22)30-10-2-3-11-30/h2-11,16-17H,12-15H2,1H3,(H,29,33). The fraction of sp³-hybridized carbons (Fsp3) is 0.192. The van der Waals surface area contributed by atoms with Gasteiger partial charge in [0, 0.05) is 48.2 Å². The molecular weight excluding hydrogens is 465 g/mol. The van der Waals surface area contributed by atoms with E-state index < -0.39 is 0 Å². The minimum absolute atomic E-state index is 0.0155. The number of amides is 2. The molecule has 0 saturated carbocycles. The zero-order chi connectivity index (χ0) is 24.4. The molecule has 4 aromatic rings. The van der Waals surface area contributed by atoms with Crippen LogP contribution in [0.4, 0.5) is 10.1 Å². The summed E-state index contributed by atoms with van der Waals surface area (Å²) >= 11 is 1.86. The van der Waals surface area contributed by atoms with Crippen molar-refractivity contribution in [3.05, 3.63) is 95.7 Å². The third kappa shape index (κ3) is 4.72. The molecule has 2 amide bonds. The number of anilines is 1. The number of carbonyl (C=O) groups excluding carboxylic acids is 2. The van der Waals surface area contributed by atoms with E-state index in [0.717, 1.165) is 30.2 Å². The van der Waals surface area contributed by atoms with Crippen LogP contribution in [0.3, 0.4) is 0 Å². The summed E-state index contributed by atoms with van der Waals surface area (Å²) in [7, 11) is 0. The van der Waals surface area contributed by atoms with E-state index in [1.807, 2.05) is 54.2 Å². The van der Waals surface area contributed by atoms with Crippen molar-refractivity contribution < 1.29 is 14.0 Å². The first-order chi connectivity index (χ1) is 17.0. The molecule has 1 aliphatic heterocycles. The van der Waals surface area contributed by atoms with Gasteiger partial charge in [0.15, 0.2) is 5.82 Å². The highest BCUT2D eigenvalue weighted by Crippen LogP contribution is 2.24. The quantitative estimate of drug-likeness (QED) is 0.446. The molecule has 1 fully saturated rings. The fourth-order valence-corrected chi connectivity index (χ4v) is 4.98. The van der Waals surface area contributed by atoms with Crippen LogP contribution in [0.5, 0.6) is 0 Å². The maximum atomic E-state index is 13.5. The third-order valence-electron chi connectivity index (χ3n) is 5.93. The van der Waals surface area contributed by atoms with Gasteiger partial charge in [0.25, 0.3) is 11.8 Å². The van der Waals surface area contributed by atoms with Gasteiger partial charge in [0.1, 0.15) is 11.4 Å². The molecule has 178 valence electrons. The molecule has 1 N–H and O–H groups in total. The predicted octanol–water partition coefficient (Wildman–Crippen LogP) is 4.55. The molecule has 0 atom stereocenters. The minimum Gasteiger partial charge on any atom is -0.337 e.